The molecule has 2 aromatic heterocycles. The smallest absolute Gasteiger partial charge is 0.342 e. The lowest BCUT2D eigenvalue weighted by Gasteiger charge is -2.15. The minimum atomic E-state index is -0.454. The van der Waals surface area contributed by atoms with E-state index in [-0.39, 0.29) is 29.5 Å². The van der Waals surface area contributed by atoms with Gasteiger partial charge in [-0.1, -0.05) is 24.9 Å². The SMILES string of the molecule is CCC(C)NC(=O)n1nc(-c2cc(NC(=O)c3ccno3)ccc2O)cc1C1CCCC1. The molecule has 1 atom stereocenters. The van der Waals surface area contributed by atoms with Crippen molar-refractivity contribution >= 4 is 17.6 Å². The van der Waals surface area contributed by atoms with E-state index in [0.717, 1.165) is 37.8 Å². The number of rotatable bonds is 6. The van der Waals surface area contributed by atoms with Gasteiger partial charge in [-0.25, -0.2) is 4.79 Å². The summed E-state index contributed by atoms with van der Waals surface area (Å²) in [6, 6.07) is 7.76. The van der Waals surface area contributed by atoms with Gasteiger partial charge in [-0.05, 0) is 50.5 Å². The van der Waals surface area contributed by atoms with Crippen molar-refractivity contribution in [1.29, 1.82) is 0 Å². The van der Waals surface area contributed by atoms with Crippen LogP contribution in [0.2, 0.25) is 0 Å². The summed E-state index contributed by atoms with van der Waals surface area (Å²) in [5, 5.41) is 24.3. The number of aromatic nitrogens is 3. The Balaban J connectivity index is 1.67. The van der Waals surface area contributed by atoms with E-state index in [0.29, 0.717) is 16.9 Å². The quantitative estimate of drug-likeness (QED) is 0.488. The Labute approximate surface area is 185 Å². The van der Waals surface area contributed by atoms with Crippen molar-refractivity contribution in [3.05, 3.63) is 48.0 Å². The van der Waals surface area contributed by atoms with Crippen LogP contribution in [-0.2, 0) is 0 Å². The summed E-state index contributed by atoms with van der Waals surface area (Å²) in [4.78, 5) is 25.2. The second-order valence-electron chi connectivity index (χ2n) is 8.17. The first-order valence-corrected chi connectivity index (χ1v) is 10.9. The molecule has 3 N–H and O–H groups in total. The van der Waals surface area contributed by atoms with Gasteiger partial charge in [0.15, 0.2) is 0 Å². The summed E-state index contributed by atoms with van der Waals surface area (Å²) in [7, 11) is 0. The average Bonchev–Trinajstić information content (AvgIpc) is 3.55. The van der Waals surface area contributed by atoms with Crippen molar-refractivity contribution in [1.82, 2.24) is 20.3 Å². The number of anilines is 1. The van der Waals surface area contributed by atoms with Crippen LogP contribution < -0.4 is 10.6 Å². The minimum Gasteiger partial charge on any atom is -0.507 e. The molecule has 3 aromatic rings. The zero-order chi connectivity index (χ0) is 22.7. The molecule has 1 fully saturated rings. The molecule has 1 aliphatic rings. The lowest BCUT2D eigenvalue weighted by Crippen LogP contribution is -2.37. The Morgan fingerprint density at radius 1 is 1.25 bits per heavy atom. The van der Waals surface area contributed by atoms with Crippen molar-refractivity contribution < 1.29 is 19.2 Å². The summed E-state index contributed by atoms with van der Waals surface area (Å²) in [6.45, 7) is 3.96. The van der Waals surface area contributed by atoms with Crippen LogP contribution in [0, 0.1) is 0 Å². The minimum absolute atomic E-state index is 0.00706. The number of carbonyl (C=O) groups is 2. The van der Waals surface area contributed by atoms with Gasteiger partial charge < -0.3 is 20.3 Å². The molecule has 9 heteroatoms. The first kappa shape index (κ1) is 21.6. The van der Waals surface area contributed by atoms with Crippen molar-refractivity contribution in [2.75, 3.05) is 5.32 Å². The number of hydrogen-bond acceptors (Lipinski definition) is 6. The van der Waals surface area contributed by atoms with Gasteiger partial charge in [0.1, 0.15) is 5.75 Å². The van der Waals surface area contributed by atoms with Crippen LogP contribution >= 0.6 is 0 Å². The number of nitrogens with one attached hydrogen (secondary N) is 2. The maximum absolute atomic E-state index is 12.9. The molecule has 32 heavy (non-hydrogen) atoms. The fourth-order valence-corrected chi connectivity index (χ4v) is 3.92. The zero-order valence-corrected chi connectivity index (χ0v) is 18.2. The summed E-state index contributed by atoms with van der Waals surface area (Å²) >= 11 is 0. The molecular formula is C23H27N5O4. The Morgan fingerprint density at radius 2 is 2.03 bits per heavy atom. The normalized spacial score (nSPS) is 14.9. The van der Waals surface area contributed by atoms with Gasteiger partial charge in [-0.2, -0.15) is 9.78 Å². The first-order chi connectivity index (χ1) is 15.5. The van der Waals surface area contributed by atoms with Gasteiger partial charge in [0.25, 0.3) is 5.91 Å². The molecule has 9 nitrogen and oxygen atoms in total. The summed E-state index contributed by atoms with van der Waals surface area (Å²) in [5.41, 5.74) is 2.20. The van der Waals surface area contributed by atoms with E-state index < -0.39 is 5.91 Å². The number of carbonyl (C=O) groups excluding carboxylic acids is 2. The lowest BCUT2D eigenvalue weighted by atomic mass is 10.0. The Bertz CT molecular complexity index is 1100. The lowest BCUT2D eigenvalue weighted by molar-refractivity contribution is 0.0988. The van der Waals surface area contributed by atoms with Crippen LogP contribution in [0.25, 0.3) is 11.3 Å². The van der Waals surface area contributed by atoms with Gasteiger partial charge >= 0.3 is 6.03 Å². The molecule has 0 radical (unpaired) electrons. The number of aromatic hydroxyl groups is 1. The molecule has 4 rings (SSSR count). The fourth-order valence-electron chi connectivity index (χ4n) is 3.92. The molecular weight excluding hydrogens is 410 g/mol. The summed E-state index contributed by atoms with van der Waals surface area (Å²) < 4.78 is 6.31. The van der Waals surface area contributed by atoms with Gasteiger partial charge in [0.2, 0.25) is 5.76 Å². The Hall–Kier alpha value is -3.62. The van der Waals surface area contributed by atoms with Gasteiger partial charge in [-0.15, -0.1) is 0 Å². The van der Waals surface area contributed by atoms with Crippen LogP contribution in [0.5, 0.6) is 5.75 Å². The number of amides is 2. The second-order valence-corrected chi connectivity index (χ2v) is 8.17. The highest BCUT2D eigenvalue weighted by molar-refractivity contribution is 6.02. The van der Waals surface area contributed by atoms with E-state index in [1.54, 1.807) is 12.1 Å². The second kappa shape index (κ2) is 9.25. The first-order valence-electron chi connectivity index (χ1n) is 10.9. The van der Waals surface area contributed by atoms with Crippen molar-refractivity contribution in [2.45, 2.75) is 57.9 Å². The predicted molar refractivity (Wildman–Crippen MR) is 119 cm³/mol. The summed E-state index contributed by atoms with van der Waals surface area (Å²) in [5.74, 6) is -0.124. The maximum atomic E-state index is 12.9. The monoisotopic (exact) mass is 437 g/mol. The molecule has 168 valence electrons. The molecule has 0 spiro atoms. The van der Waals surface area contributed by atoms with E-state index in [1.165, 1.54) is 23.0 Å². The fraction of sp³-hybridized carbons (Fsp3) is 0.391. The zero-order valence-electron chi connectivity index (χ0n) is 18.2. The topological polar surface area (TPSA) is 122 Å². The van der Waals surface area contributed by atoms with Crippen LogP contribution in [0.1, 0.15) is 68.1 Å². The number of nitrogens with zero attached hydrogens (tertiary/aromatic N) is 3. The highest BCUT2D eigenvalue weighted by Crippen LogP contribution is 2.38. The average molecular weight is 438 g/mol. The molecule has 0 aliphatic heterocycles. The number of benzene rings is 1. The number of phenols is 1. The van der Waals surface area contributed by atoms with E-state index in [4.69, 9.17) is 4.52 Å². The van der Waals surface area contributed by atoms with E-state index in [2.05, 4.69) is 20.9 Å². The van der Waals surface area contributed by atoms with Gasteiger partial charge in [-0.3, -0.25) is 4.79 Å². The Kier molecular flexibility index (Phi) is 6.25. The molecule has 1 aliphatic carbocycles. The van der Waals surface area contributed by atoms with E-state index in [9.17, 15) is 14.7 Å². The Morgan fingerprint density at radius 3 is 2.72 bits per heavy atom. The number of hydrogen-bond donors (Lipinski definition) is 3. The summed E-state index contributed by atoms with van der Waals surface area (Å²) in [6.07, 6.45) is 6.44. The van der Waals surface area contributed by atoms with Crippen molar-refractivity contribution in [2.24, 2.45) is 0 Å². The highest BCUT2D eigenvalue weighted by Gasteiger charge is 2.26. The van der Waals surface area contributed by atoms with Crippen molar-refractivity contribution in [3.63, 3.8) is 0 Å². The molecule has 2 amide bonds. The highest BCUT2D eigenvalue weighted by atomic mass is 16.5. The van der Waals surface area contributed by atoms with Gasteiger partial charge in [0, 0.05) is 29.3 Å². The third kappa shape index (κ3) is 4.51. The van der Waals surface area contributed by atoms with E-state index in [1.807, 2.05) is 19.9 Å². The predicted octanol–water partition coefficient (Wildman–Crippen LogP) is 4.51. The molecule has 1 saturated carbocycles. The van der Waals surface area contributed by atoms with Crippen LogP contribution in [-0.4, -0.2) is 38.0 Å². The maximum Gasteiger partial charge on any atom is 0.342 e. The largest absolute Gasteiger partial charge is 0.507 e. The van der Waals surface area contributed by atoms with Gasteiger partial charge in [0.05, 0.1) is 17.6 Å². The number of phenolic OH excluding ortho intramolecular Hbond substituents is 1. The van der Waals surface area contributed by atoms with Crippen molar-refractivity contribution in [3.8, 4) is 17.0 Å². The molecule has 0 saturated heterocycles. The third-order valence-electron chi connectivity index (χ3n) is 5.88. The van der Waals surface area contributed by atoms with Crippen LogP contribution in [0.4, 0.5) is 10.5 Å². The molecule has 2 heterocycles. The van der Waals surface area contributed by atoms with Crippen LogP contribution in [0.3, 0.4) is 0 Å². The third-order valence-corrected chi connectivity index (χ3v) is 5.88. The van der Waals surface area contributed by atoms with Crippen LogP contribution in [0.15, 0.2) is 41.1 Å². The van der Waals surface area contributed by atoms with E-state index >= 15 is 0 Å². The molecule has 0 bridgehead atoms. The molecule has 1 aromatic carbocycles. The molecule has 1 unspecified atom stereocenters. The standard InChI is InChI=1S/C23H27N5O4/c1-3-14(2)25-23(31)28-19(15-6-4-5-7-15)13-18(27-28)17-12-16(8-9-20(17)29)26-22(30)21-10-11-24-32-21/h8-15,29H,3-7H2,1-2H3,(H,25,31)(H,26,30).